The lowest BCUT2D eigenvalue weighted by Gasteiger charge is -2.15. The van der Waals surface area contributed by atoms with Crippen molar-refractivity contribution in [3.05, 3.63) is 255 Å². The first-order valence-corrected chi connectivity index (χ1v) is 24.4. The zero-order valence-electron chi connectivity index (χ0n) is 39.0. The lowest BCUT2D eigenvalue weighted by Crippen LogP contribution is -1.98. The number of nitrogens with zero attached hydrogens (tertiary/aromatic N) is 4. The van der Waals surface area contributed by atoms with Gasteiger partial charge in [-0.2, -0.15) is 0 Å². The second-order valence-corrected chi connectivity index (χ2v) is 18.5. The summed E-state index contributed by atoms with van der Waals surface area (Å²) in [5.74, 6) is 1.39. The van der Waals surface area contributed by atoms with E-state index in [-0.39, 0.29) is 0 Å². The van der Waals surface area contributed by atoms with Gasteiger partial charge in [0.1, 0.15) is 0 Å². The molecule has 12 aromatic carbocycles. The highest BCUT2D eigenvalue weighted by atomic mass is 14.9. The van der Waals surface area contributed by atoms with Crippen molar-refractivity contribution in [2.24, 2.45) is 0 Å². The molecule has 14 aromatic rings. The third-order valence-electron chi connectivity index (χ3n) is 14.3. The van der Waals surface area contributed by atoms with E-state index in [9.17, 15) is 0 Å². The third-order valence-corrected chi connectivity index (χ3v) is 14.3. The minimum absolute atomic E-state index is 0.695. The maximum atomic E-state index is 5.41. The molecule has 2 aromatic heterocycles. The average Bonchev–Trinajstić information content (AvgIpc) is 3.45. The van der Waals surface area contributed by atoms with E-state index in [2.05, 4.69) is 255 Å². The summed E-state index contributed by atoms with van der Waals surface area (Å²) in [6, 6.07) is 90.6. The van der Waals surface area contributed by atoms with Crippen molar-refractivity contribution in [3.8, 4) is 78.9 Å². The quantitative estimate of drug-likeness (QED) is 0.150. The van der Waals surface area contributed by atoms with Gasteiger partial charge in [-0.25, -0.2) is 19.9 Å². The molecule has 14 rings (SSSR count). The second kappa shape index (κ2) is 17.1. The van der Waals surface area contributed by atoms with Crippen molar-refractivity contribution in [1.29, 1.82) is 0 Å². The van der Waals surface area contributed by atoms with Crippen molar-refractivity contribution >= 4 is 64.6 Å². The van der Waals surface area contributed by atoms with Gasteiger partial charge in [0.05, 0.1) is 22.8 Å². The summed E-state index contributed by atoms with van der Waals surface area (Å²) >= 11 is 0. The Morgan fingerprint density at radius 1 is 0.194 bits per heavy atom. The average molecular weight is 915 g/mol. The molecular weight excluding hydrogens is 873 g/mol. The first-order valence-electron chi connectivity index (χ1n) is 24.4. The Morgan fingerprint density at radius 3 is 0.833 bits per heavy atom. The third kappa shape index (κ3) is 7.16. The molecule has 0 aliphatic rings. The molecule has 4 nitrogen and oxygen atoms in total. The summed E-state index contributed by atoms with van der Waals surface area (Å²) in [6.45, 7) is 0. The van der Waals surface area contributed by atoms with Crippen LogP contribution in [0.3, 0.4) is 0 Å². The van der Waals surface area contributed by atoms with E-state index in [0.29, 0.717) is 11.6 Å². The number of fused-ring (bicyclic) bond motifs is 6. The van der Waals surface area contributed by atoms with Crippen LogP contribution in [0.5, 0.6) is 0 Å². The normalized spacial score (nSPS) is 11.6. The Morgan fingerprint density at radius 2 is 0.472 bits per heavy atom. The highest BCUT2D eigenvalue weighted by Gasteiger charge is 2.19. The van der Waals surface area contributed by atoms with Crippen LogP contribution < -0.4 is 0 Å². The van der Waals surface area contributed by atoms with Crippen LogP contribution in [0.15, 0.2) is 255 Å². The van der Waals surface area contributed by atoms with Crippen LogP contribution in [0, 0.1) is 0 Å². The van der Waals surface area contributed by atoms with Gasteiger partial charge in [0.15, 0.2) is 11.6 Å². The Labute approximate surface area is 416 Å². The van der Waals surface area contributed by atoms with E-state index in [4.69, 9.17) is 19.9 Å². The molecule has 0 radical (unpaired) electrons. The molecule has 0 fully saturated rings. The van der Waals surface area contributed by atoms with Gasteiger partial charge in [0.25, 0.3) is 0 Å². The van der Waals surface area contributed by atoms with Crippen LogP contribution in [-0.2, 0) is 0 Å². The first-order chi connectivity index (χ1) is 35.7. The van der Waals surface area contributed by atoms with Crippen LogP contribution >= 0.6 is 0 Å². The standard InChI is InChI=1S/C68H42N4/c1-7-23-53-45(15-1)21-13-29-59(53)67-69-61(41-63(71-67)65-55-25-9-3-17-49(55)39-50-18-4-10-26-56(50)65)47-35-31-43(32-36-47)44-33-37-48(38-34-44)62-42-64(72-68(70-62)60-30-14-22-46-16-2-8-24-54(46)60)66-57-27-11-5-19-51(57)40-52-20-6-12-28-58(52)66/h1-42H. The van der Waals surface area contributed by atoms with E-state index in [1.807, 2.05) is 0 Å². The van der Waals surface area contributed by atoms with Crippen LogP contribution in [0.4, 0.5) is 0 Å². The summed E-state index contributed by atoms with van der Waals surface area (Å²) < 4.78 is 0. The maximum Gasteiger partial charge on any atom is 0.161 e. The maximum absolute atomic E-state index is 5.41. The molecular formula is C68H42N4. The van der Waals surface area contributed by atoms with Crippen molar-refractivity contribution in [2.75, 3.05) is 0 Å². The van der Waals surface area contributed by atoms with Crippen LogP contribution in [-0.4, -0.2) is 19.9 Å². The summed E-state index contributed by atoms with van der Waals surface area (Å²) in [6.07, 6.45) is 0. The molecule has 334 valence electrons. The van der Waals surface area contributed by atoms with Gasteiger partial charge in [-0.1, -0.05) is 231 Å². The second-order valence-electron chi connectivity index (χ2n) is 18.5. The number of rotatable bonds is 7. The molecule has 0 N–H and O–H groups in total. The summed E-state index contributed by atoms with van der Waals surface area (Å²) in [5, 5.41) is 13.9. The van der Waals surface area contributed by atoms with E-state index >= 15 is 0 Å². The van der Waals surface area contributed by atoms with Gasteiger partial charge < -0.3 is 0 Å². The predicted molar refractivity (Wildman–Crippen MR) is 301 cm³/mol. The molecule has 0 bridgehead atoms. The topological polar surface area (TPSA) is 51.6 Å². The summed E-state index contributed by atoms with van der Waals surface area (Å²) in [5.41, 5.74) is 12.0. The Hall–Kier alpha value is -9.64. The molecule has 0 spiro atoms. The van der Waals surface area contributed by atoms with Gasteiger partial charge in [-0.15, -0.1) is 0 Å². The van der Waals surface area contributed by atoms with Crippen LogP contribution in [0.25, 0.3) is 144 Å². The molecule has 0 saturated carbocycles. The van der Waals surface area contributed by atoms with Gasteiger partial charge in [0, 0.05) is 33.4 Å². The van der Waals surface area contributed by atoms with Gasteiger partial charge in [-0.05, 0) is 100 Å². The van der Waals surface area contributed by atoms with Crippen molar-refractivity contribution in [2.45, 2.75) is 0 Å². The van der Waals surface area contributed by atoms with Gasteiger partial charge >= 0.3 is 0 Å². The summed E-state index contributed by atoms with van der Waals surface area (Å²) in [4.78, 5) is 21.5. The van der Waals surface area contributed by atoms with Gasteiger partial charge in [-0.3, -0.25) is 0 Å². The van der Waals surface area contributed by atoms with E-state index < -0.39 is 0 Å². The van der Waals surface area contributed by atoms with Crippen LogP contribution in [0.2, 0.25) is 0 Å². The van der Waals surface area contributed by atoms with Gasteiger partial charge in [0.2, 0.25) is 0 Å². The Bertz CT molecular complexity index is 4040. The molecule has 0 aliphatic heterocycles. The molecule has 0 amide bonds. The van der Waals surface area contributed by atoms with E-state index in [1.165, 1.54) is 21.5 Å². The molecule has 2 heterocycles. The van der Waals surface area contributed by atoms with Crippen LogP contribution in [0.1, 0.15) is 0 Å². The predicted octanol–water partition coefficient (Wildman–Crippen LogP) is 17.9. The molecule has 4 heteroatoms. The number of hydrogen-bond donors (Lipinski definition) is 0. The first kappa shape index (κ1) is 41.3. The monoisotopic (exact) mass is 914 g/mol. The lowest BCUT2D eigenvalue weighted by atomic mass is 9.93. The molecule has 72 heavy (non-hydrogen) atoms. The smallest absolute Gasteiger partial charge is 0.161 e. The SMILES string of the molecule is c1ccc2c(-c3nc(-c4ccc(-c5ccc(-c6cc(-c7c8ccccc8cc8ccccc78)nc(-c7cccc8ccccc78)n6)cc5)cc4)cc(-c4c5ccccc5cc5ccccc45)n3)cccc2c1. The number of aromatic nitrogens is 4. The molecule has 0 saturated heterocycles. The van der Waals surface area contributed by atoms with Crippen molar-refractivity contribution in [1.82, 2.24) is 19.9 Å². The highest BCUT2D eigenvalue weighted by Crippen LogP contribution is 2.41. The minimum Gasteiger partial charge on any atom is -0.228 e. The van der Waals surface area contributed by atoms with Crippen molar-refractivity contribution in [3.63, 3.8) is 0 Å². The number of benzene rings is 12. The zero-order chi connectivity index (χ0) is 47.5. The molecule has 0 aliphatic carbocycles. The van der Waals surface area contributed by atoms with E-state index in [1.54, 1.807) is 0 Å². The highest BCUT2D eigenvalue weighted by molar-refractivity contribution is 6.14. The largest absolute Gasteiger partial charge is 0.228 e. The fourth-order valence-corrected chi connectivity index (χ4v) is 10.8. The molecule has 0 unspecified atom stereocenters. The fraction of sp³-hybridized carbons (Fsp3) is 0. The lowest BCUT2D eigenvalue weighted by molar-refractivity contribution is 1.19. The minimum atomic E-state index is 0.695. The van der Waals surface area contributed by atoms with Crippen molar-refractivity contribution < 1.29 is 0 Å². The molecule has 0 atom stereocenters. The fourth-order valence-electron chi connectivity index (χ4n) is 10.8. The Balaban J connectivity index is 0.876. The Kier molecular flexibility index (Phi) is 9.82. The number of hydrogen-bond acceptors (Lipinski definition) is 4. The summed E-state index contributed by atoms with van der Waals surface area (Å²) in [7, 11) is 0. The van der Waals surface area contributed by atoms with E-state index in [0.717, 1.165) is 110 Å². The zero-order valence-corrected chi connectivity index (χ0v) is 39.0.